The second-order valence-corrected chi connectivity index (χ2v) is 4.62. The summed E-state index contributed by atoms with van der Waals surface area (Å²) in [5, 5.41) is 18.1. The summed E-state index contributed by atoms with van der Waals surface area (Å²) in [6.07, 6.45) is 0.315. The molecule has 0 unspecified atom stereocenters. The Morgan fingerprint density at radius 3 is 2.82 bits per heavy atom. The molecule has 0 heterocycles. The zero-order valence-corrected chi connectivity index (χ0v) is 11.6. The van der Waals surface area contributed by atoms with Crippen LogP contribution in [0.25, 0.3) is 0 Å². The molecule has 0 atom stereocenters. The average Bonchev–Trinajstić information content (AvgIpc) is 2.33. The Hall–Kier alpha value is -1.29. The number of nitriles is 1. The molecular weight excluding hydrogens is 331 g/mol. The lowest BCUT2D eigenvalue weighted by molar-refractivity contribution is 0.0767. The van der Waals surface area contributed by atoms with E-state index < -0.39 is 0 Å². The molecule has 5 heteroatoms. The Kier molecular flexibility index (Phi) is 5.22. The molecule has 0 radical (unpaired) electrons. The van der Waals surface area contributed by atoms with Crippen LogP contribution in [0.1, 0.15) is 23.7 Å². The Bertz CT molecular complexity index is 454. The molecule has 0 saturated carbocycles. The number of phenols is 1. The second kappa shape index (κ2) is 6.45. The van der Waals surface area contributed by atoms with Crippen LogP contribution in [0.2, 0.25) is 0 Å². The van der Waals surface area contributed by atoms with Gasteiger partial charge in [-0.15, -0.1) is 0 Å². The predicted octanol–water partition coefficient (Wildman–Crippen LogP) is 2.37. The third kappa shape index (κ3) is 3.60. The van der Waals surface area contributed by atoms with Gasteiger partial charge in [0.05, 0.1) is 16.1 Å². The molecule has 0 aliphatic carbocycles. The van der Waals surface area contributed by atoms with Gasteiger partial charge >= 0.3 is 0 Å². The Balaban J connectivity index is 2.86. The number of amides is 1. The normalized spacial score (nSPS) is 9.71. The van der Waals surface area contributed by atoms with Gasteiger partial charge in [0.1, 0.15) is 5.75 Å². The highest BCUT2D eigenvalue weighted by Gasteiger charge is 2.14. The summed E-state index contributed by atoms with van der Waals surface area (Å²) in [5.41, 5.74) is 0.447. The summed E-state index contributed by atoms with van der Waals surface area (Å²) in [6, 6.07) is 6.85. The van der Waals surface area contributed by atoms with E-state index in [1.807, 2.05) is 35.6 Å². The lowest BCUT2D eigenvalue weighted by Gasteiger charge is -2.19. The minimum atomic E-state index is -0.158. The average molecular weight is 344 g/mol. The zero-order valence-electron chi connectivity index (χ0n) is 9.48. The maximum Gasteiger partial charge on any atom is 0.254 e. The molecule has 0 aromatic heterocycles. The third-order valence-corrected chi connectivity index (χ3v) is 3.27. The zero-order chi connectivity index (χ0) is 12.8. The number of carbonyl (C=O) groups excluding carboxylic acids is 1. The van der Waals surface area contributed by atoms with E-state index in [4.69, 9.17) is 5.26 Å². The first kappa shape index (κ1) is 13.8. The Labute approximate surface area is 114 Å². The van der Waals surface area contributed by atoms with Crippen LogP contribution in [-0.4, -0.2) is 29.0 Å². The molecule has 0 fully saturated rings. The third-order valence-electron chi connectivity index (χ3n) is 2.36. The van der Waals surface area contributed by atoms with Crippen molar-refractivity contribution < 1.29 is 9.90 Å². The van der Waals surface area contributed by atoms with Crippen LogP contribution in [0.5, 0.6) is 5.75 Å². The van der Waals surface area contributed by atoms with Gasteiger partial charge in [-0.1, -0.05) is 0 Å². The van der Waals surface area contributed by atoms with Gasteiger partial charge < -0.3 is 10.0 Å². The number of carbonyl (C=O) groups is 1. The van der Waals surface area contributed by atoms with Crippen molar-refractivity contribution in [2.75, 3.05) is 13.1 Å². The van der Waals surface area contributed by atoms with Crippen LogP contribution in [0.3, 0.4) is 0 Å². The van der Waals surface area contributed by atoms with Gasteiger partial charge in [-0.3, -0.25) is 4.79 Å². The molecule has 0 spiro atoms. The highest BCUT2D eigenvalue weighted by Crippen LogP contribution is 2.21. The van der Waals surface area contributed by atoms with Crippen LogP contribution in [0, 0.1) is 14.9 Å². The van der Waals surface area contributed by atoms with Gasteiger partial charge in [0.15, 0.2) is 0 Å². The van der Waals surface area contributed by atoms with Crippen molar-refractivity contribution in [2.24, 2.45) is 0 Å². The number of phenolic OH excluding ortho intramolecular Hbond substituents is 1. The van der Waals surface area contributed by atoms with E-state index in [1.165, 1.54) is 6.07 Å². The van der Waals surface area contributed by atoms with E-state index in [1.54, 1.807) is 17.0 Å². The van der Waals surface area contributed by atoms with E-state index in [-0.39, 0.29) is 11.7 Å². The monoisotopic (exact) mass is 344 g/mol. The van der Waals surface area contributed by atoms with Crippen molar-refractivity contribution in [2.45, 2.75) is 13.3 Å². The van der Waals surface area contributed by atoms with Crippen LogP contribution in [0.15, 0.2) is 18.2 Å². The minimum absolute atomic E-state index is 0.104. The molecule has 1 amide bonds. The Morgan fingerprint density at radius 2 is 2.29 bits per heavy atom. The first-order valence-corrected chi connectivity index (χ1v) is 6.32. The number of rotatable bonds is 4. The summed E-state index contributed by atoms with van der Waals surface area (Å²) in [5.74, 6) is -0.0535. The Morgan fingerprint density at radius 1 is 1.59 bits per heavy atom. The van der Waals surface area contributed by atoms with Crippen molar-refractivity contribution in [3.05, 3.63) is 27.3 Å². The number of halogens is 1. The van der Waals surface area contributed by atoms with Crippen molar-refractivity contribution in [1.29, 1.82) is 5.26 Å². The fourth-order valence-electron chi connectivity index (χ4n) is 1.42. The van der Waals surface area contributed by atoms with E-state index in [9.17, 15) is 9.90 Å². The molecule has 1 N–H and O–H groups in total. The van der Waals surface area contributed by atoms with E-state index in [0.29, 0.717) is 28.6 Å². The number of nitrogens with zero attached hydrogens (tertiary/aromatic N) is 2. The number of aromatic hydroxyl groups is 1. The standard InChI is InChI=1S/C12H13IN2O2/c1-2-15(7-3-6-14)12(17)9-4-5-10(13)11(16)8-9/h4-5,8,16H,2-3,7H2,1H3. The molecule has 17 heavy (non-hydrogen) atoms. The molecule has 4 nitrogen and oxygen atoms in total. The summed E-state index contributed by atoms with van der Waals surface area (Å²) in [6.45, 7) is 2.83. The van der Waals surface area contributed by atoms with Crippen LogP contribution >= 0.6 is 22.6 Å². The molecule has 0 bridgehead atoms. The maximum absolute atomic E-state index is 12.0. The summed E-state index contributed by atoms with van der Waals surface area (Å²) < 4.78 is 0.708. The van der Waals surface area contributed by atoms with Gasteiger partial charge in [0.2, 0.25) is 0 Å². The van der Waals surface area contributed by atoms with Gasteiger partial charge in [-0.2, -0.15) is 5.26 Å². The van der Waals surface area contributed by atoms with Gasteiger partial charge in [-0.05, 0) is 47.7 Å². The number of hydrogen-bond donors (Lipinski definition) is 1. The SMILES string of the molecule is CCN(CCC#N)C(=O)c1ccc(I)c(O)c1. The molecule has 1 aromatic carbocycles. The van der Waals surface area contributed by atoms with Crippen LogP contribution in [0.4, 0.5) is 0 Å². The van der Waals surface area contributed by atoms with Crippen molar-refractivity contribution in [3.63, 3.8) is 0 Å². The first-order chi connectivity index (χ1) is 8.10. The molecule has 1 rings (SSSR count). The molecule has 90 valence electrons. The fraction of sp³-hybridized carbons (Fsp3) is 0.333. The minimum Gasteiger partial charge on any atom is -0.507 e. The summed E-state index contributed by atoms with van der Waals surface area (Å²) in [7, 11) is 0. The van der Waals surface area contributed by atoms with Gasteiger partial charge in [0, 0.05) is 18.7 Å². The topological polar surface area (TPSA) is 64.3 Å². The van der Waals surface area contributed by atoms with Crippen LogP contribution < -0.4 is 0 Å². The summed E-state index contributed by atoms with van der Waals surface area (Å²) >= 11 is 2.00. The highest BCUT2D eigenvalue weighted by molar-refractivity contribution is 14.1. The molecule has 1 aromatic rings. The smallest absolute Gasteiger partial charge is 0.254 e. The molecular formula is C12H13IN2O2. The van der Waals surface area contributed by atoms with Crippen molar-refractivity contribution >= 4 is 28.5 Å². The van der Waals surface area contributed by atoms with Crippen LogP contribution in [-0.2, 0) is 0 Å². The maximum atomic E-state index is 12.0. The quantitative estimate of drug-likeness (QED) is 0.853. The lowest BCUT2D eigenvalue weighted by Crippen LogP contribution is -2.31. The predicted molar refractivity (Wildman–Crippen MR) is 72.6 cm³/mol. The number of hydrogen-bond acceptors (Lipinski definition) is 3. The van der Waals surface area contributed by atoms with Crippen molar-refractivity contribution in [3.8, 4) is 11.8 Å². The first-order valence-electron chi connectivity index (χ1n) is 5.25. The lowest BCUT2D eigenvalue weighted by atomic mass is 10.2. The number of benzene rings is 1. The van der Waals surface area contributed by atoms with Gasteiger partial charge in [0.25, 0.3) is 5.91 Å². The molecule has 0 aliphatic rings. The second-order valence-electron chi connectivity index (χ2n) is 3.46. The van der Waals surface area contributed by atoms with Crippen molar-refractivity contribution in [1.82, 2.24) is 4.90 Å². The molecule has 0 aliphatic heterocycles. The van der Waals surface area contributed by atoms with E-state index >= 15 is 0 Å². The van der Waals surface area contributed by atoms with E-state index in [2.05, 4.69) is 0 Å². The van der Waals surface area contributed by atoms with Gasteiger partial charge in [-0.25, -0.2) is 0 Å². The van der Waals surface area contributed by atoms with E-state index in [0.717, 1.165) is 0 Å². The summed E-state index contributed by atoms with van der Waals surface area (Å²) in [4.78, 5) is 13.6. The largest absolute Gasteiger partial charge is 0.507 e. The highest BCUT2D eigenvalue weighted by atomic mass is 127. The fourth-order valence-corrected chi connectivity index (χ4v) is 1.75. The molecule has 0 saturated heterocycles.